The highest BCUT2D eigenvalue weighted by molar-refractivity contribution is 5.90. The maximum Gasteiger partial charge on any atom is 0.338 e. The van der Waals surface area contributed by atoms with Gasteiger partial charge in [-0.15, -0.1) is 0 Å². The summed E-state index contributed by atoms with van der Waals surface area (Å²) in [7, 11) is 0. The summed E-state index contributed by atoms with van der Waals surface area (Å²) < 4.78 is 11.8. The summed E-state index contributed by atoms with van der Waals surface area (Å²) >= 11 is 0. The predicted octanol–water partition coefficient (Wildman–Crippen LogP) is 6.06. The number of carbonyl (C=O) groups excluding carboxylic acids is 2. The zero-order chi connectivity index (χ0) is 21.1. The minimum atomic E-state index is -0.330. The van der Waals surface area contributed by atoms with Gasteiger partial charge in [-0.25, -0.2) is 9.59 Å². The van der Waals surface area contributed by atoms with Crippen molar-refractivity contribution in [3.05, 3.63) is 71.8 Å². The summed E-state index contributed by atoms with van der Waals surface area (Å²) in [6.07, 6.45) is 3.45. The van der Waals surface area contributed by atoms with Crippen molar-refractivity contribution in [2.75, 3.05) is 0 Å². The molecule has 4 nitrogen and oxygen atoms in total. The molecular weight excluding hydrogens is 364 g/mol. The number of rotatable bonds is 11. The summed E-state index contributed by atoms with van der Waals surface area (Å²) in [5.74, 6) is -0.692. The van der Waals surface area contributed by atoms with Crippen LogP contribution in [0, 0.1) is 5.92 Å². The lowest BCUT2D eigenvalue weighted by molar-refractivity contribution is -0.0392. The van der Waals surface area contributed by atoms with E-state index in [1.165, 1.54) is 0 Å². The Bertz CT molecular complexity index is 742. The van der Waals surface area contributed by atoms with E-state index in [2.05, 4.69) is 13.8 Å². The summed E-state index contributed by atoms with van der Waals surface area (Å²) in [6, 6.07) is 18.1. The van der Waals surface area contributed by atoms with Crippen molar-refractivity contribution < 1.29 is 19.1 Å². The van der Waals surface area contributed by atoms with Crippen LogP contribution in [0.15, 0.2) is 60.7 Å². The number of esters is 2. The highest BCUT2D eigenvalue weighted by Gasteiger charge is 2.33. The third-order valence-corrected chi connectivity index (χ3v) is 5.09. The SMILES string of the molecule is CCCC(OC(=O)c1ccccc1)C(CCC)C(CC)OC(=O)c1ccccc1. The summed E-state index contributed by atoms with van der Waals surface area (Å²) in [4.78, 5) is 25.3. The molecule has 2 aromatic carbocycles. The molecule has 2 rings (SSSR count). The number of hydrogen-bond acceptors (Lipinski definition) is 4. The van der Waals surface area contributed by atoms with Crippen molar-refractivity contribution in [3.8, 4) is 0 Å². The normalized spacial score (nSPS) is 13.9. The van der Waals surface area contributed by atoms with Crippen molar-refractivity contribution in [3.63, 3.8) is 0 Å². The van der Waals surface area contributed by atoms with E-state index in [-0.39, 0.29) is 30.1 Å². The highest BCUT2D eigenvalue weighted by Crippen LogP contribution is 2.28. The molecule has 0 fully saturated rings. The van der Waals surface area contributed by atoms with E-state index in [0.717, 1.165) is 25.7 Å². The van der Waals surface area contributed by atoms with E-state index in [1.54, 1.807) is 24.3 Å². The van der Waals surface area contributed by atoms with Crippen molar-refractivity contribution >= 4 is 11.9 Å². The Hall–Kier alpha value is -2.62. The Morgan fingerprint density at radius 3 is 1.55 bits per heavy atom. The first-order chi connectivity index (χ1) is 14.1. The molecule has 3 atom stereocenters. The lowest BCUT2D eigenvalue weighted by Gasteiger charge is -2.32. The molecule has 0 radical (unpaired) electrons. The second-order valence-electron chi connectivity index (χ2n) is 7.27. The van der Waals surface area contributed by atoms with Gasteiger partial charge in [-0.3, -0.25) is 0 Å². The smallest absolute Gasteiger partial charge is 0.338 e. The fourth-order valence-electron chi connectivity index (χ4n) is 3.62. The van der Waals surface area contributed by atoms with Gasteiger partial charge in [0, 0.05) is 5.92 Å². The molecule has 0 aliphatic carbocycles. The second kappa shape index (κ2) is 12.1. The van der Waals surface area contributed by atoms with Crippen LogP contribution in [0.3, 0.4) is 0 Å². The topological polar surface area (TPSA) is 52.6 Å². The molecule has 0 aromatic heterocycles. The number of carbonyl (C=O) groups is 2. The largest absolute Gasteiger partial charge is 0.458 e. The standard InChI is InChI=1S/C25H32O4/c1-4-13-21(22(6-3)28-24(26)19-15-9-7-10-16-19)23(14-5-2)29-25(27)20-17-11-8-12-18-20/h7-12,15-18,21-23H,4-6,13-14H2,1-3H3. The lowest BCUT2D eigenvalue weighted by Crippen LogP contribution is -2.38. The van der Waals surface area contributed by atoms with Crippen molar-refractivity contribution in [2.24, 2.45) is 5.92 Å². The zero-order valence-corrected chi connectivity index (χ0v) is 17.7. The van der Waals surface area contributed by atoms with Gasteiger partial charge in [0.05, 0.1) is 11.1 Å². The van der Waals surface area contributed by atoms with Crippen LogP contribution in [0.5, 0.6) is 0 Å². The summed E-state index contributed by atoms with van der Waals surface area (Å²) in [5, 5.41) is 0. The molecule has 0 bridgehead atoms. The molecule has 0 heterocycles. The molecule has 4 heteroatoms. The Labute approximate surface area is 174 Å². The average molecular weight is 397 g/mol. The summed E-state index contributed by atoms with van der Waals surface area (Å²) in [6.45, 7) is 6.18. The molecule has 156 valence electrons. The maximum atomic E-state index is 12.7. The van der Waals surface area contributed by atoms with Gasteiger partial charge in [-0.1, -0.05) is 70.0 Å². The van der Waals surface area contributed by atoms with Gasteiger partial charge in [-0.05, 0) is 43.5 Å². The van der Waals surface area contributed by atoms with E-state index in [4.69, 9.17) is 9.47 Å². The quantitative estimate of drug-likeness (QED) is 0.433. The van der Waals surface area contributed by atoms with Crippen LogP contribution >= 0.6 is 0 Å². The minimum Gasteiger partial charge on any atom is -0.458 e. The molecule has 0 spiro atoms. The van der Waals surface area contributed by atoms with Gasteiger partial charge in [0.2, 0.25) is 0 Å². The lowest BCUT2D eigenvalue weighted by atomic mass is 9.87. The van der Waals surface area contributed by atoms with Crippen molar-refractivity contribution in [2.45, 2.75) is 65.1 Å². The van der Waals surface area contributed by atoms with E-state index in [1.807, 2.05) is 43.3 Å². The first-order valence-corrected chi connectivity index (χ1v) is 10.6. The monoisotopic (exact) mass is 396 g/mol. The molecule has 0 aliphatic heterocycles. The van der Waals surface area contributed by atoms with Crippen LogP contribution in [0.1, 0.15) is 73.6 Å². The Balaban J connectivity index is 2.18. The fourth-order valence-corrected chi connectivity index (χ4v) is 3.62. The van der Waals surface area contributed by atoms with Gasteiger partial charge in [0.25, 0.3) is 0 Å². The van der Waals surface area contributed by atoms with Crippen LogP contribution < -0.4 is 0 Å². The molecule has 0 amide bonds. The molecule has 29 heavy (non-hydrogen) atoms. The van der Waals surface area contributed by atoms with Crippen LogP contribution in [-0.4, -0.2) is 24.1 Å². The van der Waals surface area contributed by atoms with Crippen LogP contribution in [-0.2, 0) is 9.47 Å². The second-order valence-corrected chi connectivity index (χ2v) is 7.27. The average Bonchev–Trinajstić information content (AvgIpc) is 2.77. The molecule has 2 aromatic rings. The van der Waals surface area contributed by atoms with Crippen molar-refractivity contribution in [1.82, 2.24) is 0 Å². The maximum absolute atomic E-state index is 12.7. The van der Waals surface area contributed by atoms with Gasteiger partial charge in [0.15, 0.2) is 0 Å². The zero-order valence-electron chi connectivity index (χ0n) is 17.7. The molecule has 3 unspecified atom stereocenters. The van der Waals surface area contributed by atoms with Gasteiger partial charge < -0.3 is 9.47 Å². The van der Waals surface area contributed by atoms with Crippen LogP contribution in [0.2, 0.25) is 0 Å². The van der Waals surface area contributed by atoms with Gasteiger partial charge >= 0.3 is 11.9 Å². The Morgan fingerprint density at radius 1 is 0.690 bits per heavy atom. The Kier molecular flexibility index (Phi) is 9.42. The van der Waals surface area contributed by atoms with Crippen LogP contribution in [0.4, 0.5) is 0 Å². The molecule has 0 aliphatic rings. The summed E-state index contributed by atoms with van der Waals surface area (Å²) in [5.41, 5.74) is 1.08. The van der Waals surface area contributed by atoms with E-state index < -0.39 is 0 Å². The first kappa shape index (κ1) is 22.7. The number of benzene rings is 2. The third-order valence-electron chi connectivity index (χ3n) is 5.09. The minimum absolute atomic E-state index is 0.0368. The molecule has 0 saturated carbocycles. The fraction of sp³-hybridized carbons (Fsp3) is 0.440. The molecular formula is C25H32O4. The molecule has 0 saturated heterocycles. The van der Waals surface area contributed by atoms with Gasteiger partial charge in [-0.2, -0.15) is 0 Å². The first-order valence-electron chi connectivity index (χ1n) is 10.6. The number of ether oxygens (including phenoxy) is 2. The van der Waals surface area contributed by atoms with Gasteiger partial charge in [0.1, 0.15) is 12.2 Å². The van der Waals surface area contributed by atoms with Crippen molar-refractivity contribution in [1.29, 1.82) is 0 Å². The predicted molar refractivity (Wildman–Crippen MR) is 115 cm³/mol. The number of hydrogen-bond donors (Lipinski definition) is 0. The van der Waals surface area contributed by atoms with E-state index in [0.29, 0.717) is 17.5 Å². The highest BCUT2D eigenvalue weighted by atomic mass is 16.6. The van der Waals surface area contributed by atoms with E-state index in [9.17, 15) is 9.59 Å². The molecule has 0 N–H and O–H groups in total. The van der Waals surface area contributed by atoms with Crippen LogP contribution in [0.25, 0.3) is 0 Å². The Morgan fingerprint density at radius 2 is 1.14 bits per heavy atom. The third kappa shape index (κ3) is 6.74. The van der Waals surface area contributed by atoms with E-state index >= 15 is 0 Å².